The van der Waals surface area contributed by atoms with E-state index in [0.717, 1.165) is 0 Å². The Bertz CT molecular complexity index is 729. The number of alkyl halides is 17. The summed E-state index contributed by atoms with van der Waals surface area (Å²) < 4.78 is 245. The maximum absolute atomic E-state index is 13.8. The SMILES string of the molecule is O=S(=O)(O)C(F)(C(F)(F)F)C(F)(C(F)(F)F)C(F)(F)C(F)(F)C(F)(F)C(F)(F)F. The zero-order chi connectivity index (χ0) is 24.5. The molecule has 0 rings (SSSR count). The molecule has 3 nitrogen and oxygen atoms in total. The third-order valence-electron chi connectivity index (χ3n) is 3.13. The second kappa shape index (κ2) is 6.36. The molecule has 0 aromatic carbocycles. The van der Waals surface area contributed by atoms with Crippen LogP contribution in [0.4, 0.5) is 74.6 Å². The van der Waals surface area contributed by atoms with Crippen molar-refractivity contribution in [3.63, 3.8) is 0 Å². The lowest BCUT2D eigenvalue weighted by Gasteiger charge is -2.46. The van der Waals surface area contributed by atoms with Crippen molar-refractivity contribution < 1.29 is 87.6 Å². The molecule has 0 aromatic rings. The van der Waals surface area contributed by atoms with E-state index >= 15 is 0 Å². The van der Waals surface area contributed by atoms with Gasteiger partial charge in [-0.3, -0.25) is 4.55 Å². The summed E-state index contributed by atoms with van der Waals surface area (Å²) in [4.78, 5) is 0. The first-order valence-electron chi connectivity index (χ1n) is 5.68. The van der Waals surface area contributed by atoms with Gasteiger partial charge in [0.05, 0.1) is 0 Å². The van der Waals surface area contributed by atoms with Gasteiger partial charge in [-0.2, -0.15) is 74.3 Å². The van der Waals surface area contributed by atoms with Crippen LogP contribution >= 0.6 is 0 Å². The Hall–Kier alpha value is -1.28. The zero-order valence-corrected chi connectivity index (χ0v) is 12.9. The summed E-state index contributed by atoms with van der Waals surface area (Å²) in [7, 11) is -8.61. The molecule has 0 aliphatic rings. The lowest BCUT2D eigenvalue weighted by atomic mass is 9.83. The van der Waals surface area contributed by atoms with Gasteiger partial charge in [0, 0.05) is 0 Å². The lowest BCUT2D eigenvalue weighted by molar-refractivity contribution is -0.450. The van der Waals surface area contributed by atoms with Crippen LogP contribution in [0.2, 0.25) is 0 Å². The largest absolute Gasteiger partial charge is 0.460 e. The van der Waals surface area contributed by atoms with E-state index in [1.807, 2.05) is 0 Å². The molecule has 29 heavy (non-hydrogen) atoms. The first kappa shape index (κ1) is 27.7. The van der Waals surface area contributed by atoms with Crippen LogP contribution in [0.15, 0.2) is 0 Å². The molecule has 0 fully saturated rings. The van der Waals surface area contributed by atoms with Crippen LogP contribution in [0.25, 0.3) is 0 Å². The highest BCUT2D eigenvalue weighted by Gasteiger charge is 3.00. The second-order valence-electron chi connectivity index (χ2n) is 4.95. The zero-order valence-electron chi connectivity index (χ0n) is 12.1. The molecule has 0 aliphatic heterocycles. The predicted octanol–water partition coefficient (Wildman–Crippen LogP) is 4.84. The average molecular weight is 500 g/mol. The highest BCUT2D eigenvalue weighted by molar-refractivity contribution is 7.87. The van der Waals surface area contributed by atoms with Gasteiger partial charge in [-0.15, -0.1) is 0 Å². The van der Waals surface area contributed by atoms with E-state index < -0.39 is 57.1 Å². The van der Waals surface area contributed by atoms with E-state index in [0.29, 0.717) is 0 Å². The molecule has 2 unspecified atom stereocenters. The molecule has 0 spiro atoms. The number of hydrogen-bond acceptors (Lipinski definition) is 2. The van der Waals surface area contributed by atoms with Crippen molar-refractivity contribution in [3.8, 4) is 0 Å². The summed E-state index contributed by atoms with van der Waals surface area (Å²) in [5.41, 5.74) is -9.13. The van der Waals surface area contributed by atoms with Gasteiger partial charge in [0.25, 0.3) is 0 Å². The molecular weight excluding hydrogens is 499 g/mol. The molecule has 0 saturated carbocycles. The van der Waals surface area contributed by atoms with E-state index in [-0.39, 0.29) is 0 Å². The Morgan fingerprint density at radius 1 is 0.448 bits per heavy atom. The highest BCUT2D eigenvalue weighted by Crippen LogP contribution is 2.66. The van der Waals surface area contributed by atoms with E-state index in [1.54, 1.807) is 0 Å². The fourth-order valence-corrected chi connectivity index (χ4v) is 2.56. The van der Waals surface area contributed by atoms with Crippen LogP contribution in [-0.4, -0.2) is 59.9 Å². The van der Waals surface area contributed by atoms with Crippen LogP contribution in [0.1, 0.15) is 0 Å². The molecule has 0 heterocycles. The number of halogens is 17. The van der Waals surface area contributed by atoms with E-state index in [1.165, 1.54) is 0 Å². The maximum Gasteiger partial charge on any atom is 0.460 e. The molecule has 0 amide bonds. The molecule has 21 heteroatoms. The van der Waals surface area contributed by atoms with Crippen LogP contribution in [0, 0.1) is 0 Å². The summed E-state index contributed by atoms with van der Waals surface area (Å²) in [5.74, 6) is -26.5. The quantitative estimate of drug-likeness (QED) is 0.435. The predicted molar refractivity (Wildman–Crippen MR) is 52.2 cm³/mol. The Labute approximate surface area is 146 Å². The summed E-state index contributed by atoms with van der Waals surface area (Å²) in [6.07, 6.45) is -24.9. The average Bonchev–Trinajstić information content (AvgIpc) is 2.39. The molecule has 0 aliphatic carbocycles. The fraction of sp³-hybridized carbons (Fsp3) is 1.00. The number of hydrogen-bond donors (Lipinski definition) is 1. The van der Waals surface area contributed by atoms with Crippen molar-refractivity contribution in [2.24, 2.45) is 0 Å². The van der Waals surface area contributed by atoms with Gasteiger partial charge in [0.1, 0.15) is 0 Å². The van der Waals surface area contributed by atoms with Crippen molar-refractivity contribution in [2.75, 3.05) is 0 Å². The minimum atomic E-state index is -9.16. The summed E-state index contributed by atoms with van der Waals surface area (Å²) in [6.45, 7) is 0. The third-order valence-corrected chi connectivity index (χ3v) is 4.35. The Morgan fingerprint density at radius 3 is 0.931 bits per heavy atom. The Morgan fingerprint density at radius 2 is 0.759 bits per heavy atom. The van der Waals surface area contributed by atoms with E-state index in [2.05, 4.69) is 0 Å². The van der Waals surface area contributed by atoms with Crippen molar-refractivity contribution in [3.05, 3.63) is 0 Å². The lowest BCUT2D eigenvalue weighted by Crippen LogP contribution is -2.80. The first-order valence-corrected chi connectivity index (χ1v) is 7.12. The molecule has 176 valence electrons. The maximum atomic E-state index is 13.8. The smallest absolute Gasteiger partial charge is 0.283 e. The van der Waals surface area contributed by atoms with Crippen LogP contribution in [0.5, 0.6) is 0 Å². The fourth-order valence-electron chi connectivity index (χ4n) is 1.67. The van der Waals surface area contributed by atoms with Crippen molar-refractivity contribution in [1.82, 2.24) is 0 Å². The second-order valence-corrected chi connectivity index (χ2v) is 6.46. The van der Waals surface area contributed by atoms with E-state index in [9.17, 15) is 83.1 Å². The van der Waals surface area contributed by atoms with Gasteiger partial charge in [0.15, 0.2) is 0 Å². The Kier molecular flexibility index (Phi) is 6.08. The summed E-state index contributed by atoms with van der Waals surface area (Å²) in [6, 6.07) is 0. The van der Waals surface area contributed by atoms with Crippen molar-refractivity contribution >= 4 is 10.1 Å². The summed E-state index contributed by atoms with van der Waals surface area (Å²) >= 11 is 0. The van der Waals surface area contributed by atoms with Gasteiger partial charge in [-0.25, -0.2) is 8.78 Å². The molecule has 0 bridgehead atoms. The van der Waals surface area contributed by atoms with Gasteiger partial charge in [-0.1, -0.05) is 0 Å². The Balaban J connectivity index is 7.66. The molecule has 0 saturated heterocycles. The molecule has 0 aromatic heterocycles. The molecule has 1 N–H and O–H groups in total. The molecule has 2 atom stereocenters. The third kappa shape index (κ3) is 3.26. The van der Waals surface area contributed by atoms with Crippen molar-refractivity contribution in [2.45, 2.75) is 47.0 Å². The topological polar surface area (TPSA) is 54.4 Å². The monoisotopic (exact) mass is 500 g/mol. The molecule has 0 radical (unpaired) electrons. The molecular formula is C8HF17O3S. The highest BCUT2D eigenvalue weighted by atomic mass is 32.2. The normalized spacial score (nSPS) is 20.2. The standard InChI is InChI=1S/C8HF17O3S/c9-1(6(17,18)19,5(16,8(23,24)25)29(26,27)28)2(10,11)3(12,13)4(14,15)7(20,21)22/h(H,26,27,28). The number of rotatable bonds is 5. The van der Waals surface area contributed by atoms with Gasteiger partial charge in [-0.05, 0) is 0 Å². The first-order chi connectivity index (χ1) is 12.0. The van der Waals surface area contributed by atoms with Crippen LogP contribution in [0.3, 0.4) is 0 Å². The summed E-state index contributed by atoms with van der Waals surface area (Å²) in [5, 5.41) is -8.60. The van der Waals surface area contributed by atoms with Gasteiger partial charge >= 0.3 is 57.1 Å². The van der Waals surface area contributed by atoms with Crippen LogP contribution in [-0.2, 0) is 10.1 Å². The minimum Gasteiger partial charge on any atom is -0.283 e. The van der Waals surface area contributed by atoms with Crippen LogP contribution < -0.4 is 0 Å². The van der Waals surface area contributed by atoms with Gasteiger partial charge < -0.3 is 0 Å². The van der Waals surface area contributed by atoms with Gasteiger partial charge in [0.2, 0.25) is 0 Å². The minimum absolute atomic E-state index is 7.91. The van der Waals surface area contributed by atoms with Crippen molar-refractivity contribution in [1.29, 1.82) is 0 Å². The van der Waals surface area contributed by atoms with E-state index in [4.69, 9.17) is 4.55 Å².